The van der Waals surface area contributed by atoms with Gasteiger partial charge in [-0.1, -0.05) is 267 Å². The molecule has 0 heterocycles. The number of fused-ring (bicyclic) bond motifs is 12. The van der Waals surface area contributed by atoms with E-state index in [1.165, 1.54) is 98.0 Å². The topological polar surface area (TPSA) is 18.5 Å². The van der Waals surface area contributed by atoms with Crippen molar-refractivity contribution in [1.82, 2.24) is 0 Å². The van der Waals surface area contributed by atoms with E-state index in [0.717, 1.165) is 67.1 Å². The quantitative estimate of drug-likeness (QED) is 0.127. The molecule has 0 unspecified atom stereocenters. The van der Waals surface area contributed by atoms with Gasteiger partial charge in [-0.05, 0) is 178 Å². The summed E-state index contributed by atoms with van der Waals surface area (Å²) < 4.78 is 11.7. The number of benzene rings is 15. The Bertz CT molecular complexity index is 4600. The Morgan fingerprint density at radius 2 is 0.329 bits per heavy atom. The summed E-state index contributed by atoms with van der Waals surface area (Å²) in [5, 5.41) is 14.6. The van der Waals surface area contributed by atoms with Gasteiger partial charge in [0.1, 0.15) is 11.5 Å². The van der Waals surface area contributed by atoms with Crippen LogP contribution in [-0.2, 0) is 0 Å². The van der Waals surface area contributed by atoms with Crippen LogP contribution in [0.5, 0.6) is 11.5 Å². The summed E-state index contributed by atoms with van der Waals surface area (Å²) in [6, 6.07) is 107. The van der Waals surface area contributed by atoms with E-state index in [4.69, 9.17) is 9.47 Å². The van der Waals surface area contributed by atoms with E-state index in [-0.39, 0.29) is 0 Å². The zero-order chi connectivity index (χ0) is 54.7. The summed E-state index contributed by atoms with van der Waals surface area (Å²) in [7, 11) is 3.48. The van der Waals surface area contributed by atoms with Gasteiger partial charge in [-0.15, -0.1) is 0 Å². The van der Waals surface area contributed by atoms with Crippen molar-refractivity contribution in [3.8, 4) is 101 Å². The van der Waals surface area contributed by atoms with Crippen molar-refractivity contribution < 1.29 is 9.47 Å². The SMILES string of the molecule is COc1ccc(-c2c(-c3ccc(-c4c(-c5ccccc5)c(-c5ccccc5)c5c6ccccc6c6ccccc6c5c4-c4ccc(OC)cc4)cc3)c(-c3ccccc3)c(-c3ccccc3)c3c4ccccc4c4ccccc4c23)cc1. The van der Waals surface area contributed by atoms with Crippen LogP contribution in [0.15, 0.2) is 291 Å². The second kappa shape index (κ2) is 20.3. The van der Waals surface area contributed by atoms with Crippen LogP contribution < -0.4 is 9.47 Å². The third-order valence-corrected chi connectivity index (χ3v) is 16.8. The van der Waals surface area contributed by atoms with E-state index in [0.29, 0.717) is 0 Å². The van der Waals surface area contributed by atoms with Crippen molar-refractivity contribution in [1.29, 1.82) is 0 Å². The summed E-state index contributed by atoms with van der Waals surface area (Å²) in [5.74, 6) is 1.62. The number of methoxy groups -OCH3 is 2. The molecule has 0 amide bonds. The fourth-order valence-electron chi connectivity index (χ4n) is 13.4. The molecule has 0 aliphatic heterocycles. The minimum absolute atomic E-state index is 0.811. The average molecular weight is 1050 g/mol. The molecule has 0 N–H and O–H groups in total. The molecule has 0 fully saturated rings. The molecule has 0 aliphatic carbocycles. The normalized spacial score (nSPS) is 11.5. The molecular weight excluding hydrogens is 993 g/mol. The molecule has 2 nitrogen and oxygen atoms in total. The molecule has 82 heavy (non-hydrogen) atoms. The Hall–Kier alpha value is -10.5. The number of ether oxygens (including phenoxy) is 2. The van der Waals surface area contributed by atoms with Gasteiger partial charge in [0.15, 0.2) is 0 Å². The van der Waals surface area contributed by atoms with Crippen molar-refractivity contribution >= 4 is 64.6 Å². The lowest BCUT2D eigenvalue weighted by molar-refractivity contribution is 0.415. The highest BCUT2D eigenvalue weighted by molar-refractivity contribution is 6.37. The van der Waals surface area contributed by atoms with Crippen LogP contribution in [0, 0.1) is 0 Å². The molecule has 0 spiro atoms. The molecule has 15 rings (SSSR count). The Balaban J connectivity index is 1.14. The summed E-state index contributed by atoms with van der Waals surface area (Å²) in [6.45, 7) is 0. The summed E-state index contributed by atoms with van der Waals surface area (Å²) in [5.41, 5.74) is 18.5. The van der Waals surface area contributed by atoms with E-state index < -0.39 is 0 Å². The maximum atomic E-state index is 5.86. The minimum atomic E-state index is 0.811. The first-order valence-electron chi connectivity index (χ1n) is 28.1. The van der Waals surface area contributed by atoms with Gasteiger partial charge >= 0.3 is 0 Å². The minimum Gasteiger partial charge on any atom is -0.497 e. The van der Waals surface area contributed by atoms with E-state index in [1.807, 2.05) is 0 Å². The first kappa shape index (κ1) is 48.6. The highest BCUT2D eigenvalue weighted by Crippen LogP contribution is 2.57. The highest BCUT2D eigenvalue weighted by atomic mass is 16.5. The Morgan fingerprint density at radius 1 is 0.159 bits per heavy atom. The van der Waals surface area contributed by atoms with Gasteiger partial charge in [0.05, 0.1) is 14.2 Å². The molecule has 0 atom stereocenters. The lowest BCUT2D eigenvalue weighted by atomic mass is 9.75. The summed E-state index contributed by atoms with van der Waals surface area (Å²) >= 11 is 0. The van der Waals surface area contributed by atoms with Gasteiger partial charge in [-0.25, -0.2) is 0 Å². The van der Waals surface area contributed by atoms with Crippen molar-refractivity contribution in [3.05, 3.63) is 291 Å². The predicted octanol–water partition coefficient (Wildman–Crippen LogP) is 22.0. The Kier molecular flexibility index (Phi) is 12.0. The summed E-state index contributed by atoms with van der Waals surface area (Å²) in [4.78, 5) is 0. The van der Waals surface area contributed by atoms with Crippen LogP contribution in [0.3, 0.4) is 0 Å². The number of rotatable bonds is 10. The molecule has 0 saturated heterocycles. The fraction of sp³-hybridized carbons (Fsp3) is 0.0250. The van der Waals surface area contributed by atoms with E-state index in [9.17, 15) is 0 Å². The van der Waals surface area contributed by atoms with Crippen LogP contribution in [0.4, 0.5) is 0 Å². The lowest BCUT2D eigenvalue weighted by Crippen LogP contribution is -2.00. The maximum absolute atomic E-state index is 5.86. The molecule has 15 aromatic carbocycles. The molecular formula is C80H54O2. The smallest absolute Gasteiger partial charge is 0.118 e. The number of hydrogen-bond acceptors (Lipinski definition) is 2. The second-order valence-electron chi connectivity index (χ2n) is 21.2. The van der Waals surface area contributed by atoms with E-state index in [1.54, 1.807) is 14.2 Å². The van der Waals surface area contributed by atoms with Gasteiger partial charge in [0.2, 0.25) is 0 Å². The monoisotopic (exact) mass is 1050 g/mol. The van der Waals surface area contributed by atoms with Crippen LogP contribution in [0.2, 0.25) is 0 Å². The van der Waals surface area contributed by atoms with Crippen LogP contribution in [-0.4, -0.2) is 14.2 Å². The maximum Gasteiger partial charge on any atom is 0.118 e. The Labute approximate surface area is 477 Å². The average Bonchev–Trinajstić information content (AvgIpc) is 1.39. The molecule has 0 radical (unpaired) electrons. The number of hydrogen-bond donors (Lipinski definition) is 0. The van der Waals surface area contributed by atoms with Crippen molar-refractivity contribution in [2.24, 2.45) is 0 Å². The zero-order valence-corrected chi connectivity index (χ0v) is 45.5. The second-order valence-corrected chi connectivity index (χ2v) is 21.2. The molecule has 0 bridgehead atoms. The molecule has 0 aromatic heterocycles. The molecule has 0 saturated carbocycles. The van der Waals surface area contributed by atoms with Gasteiger partial charge in [-0.2, -0.15) is 0 Å². The third kappa shape index (κ3) is 7.86. The van der Waals surface area contributed by atoms with Crippen LogP contribution >= 0.6 is 0 Å². The largest absolute Gasteiger partial charge is 0.497 e. The van der Waals surface area contributed by atoms with Gasteiger partial charge in [-0.3, -0.25) is 0 Å². The predicted molar refractivity (Wildman–Crippen MR) is 348 cm³/mol. The molecule has 15 aromatic rings. The van der Waals surface area contributed by atoms with Crippen LogP contribution in [0.25, 0.3) is 154 Å². The standard InChI is InChI=1S/C80H54O2/c1-81-59-47-43-57(44-48-59)75-71(69(51-23-7-3-8-24-51)73(53-27-11-5-12-28-53)77-65-35-19-15-31-61(65)63-33-17-21-37-67(63)79(75)77)55-39-41-56(42-40-55)72-70(52-25-9-4-10-26-52)74(54-29-13-6-14-30-54)78-66-36-20-16-32-62(66)64-34-18-22-38-68(64)80(78)76(72)58-45-49-60(82-2)50-46-58/h3-50H,1-2H3. The van der Waals surface area contributed by atoms with Crippen LogP contribution in [0.1, 0.15) is 0 Å². The zero-order valence-electron chi connectivity index (χ0n) is 45.5. The van der Waals surface area contributed by atoms with Gasteiger partial charge in [0, 0.05) is 0 Å². The van der Waals surface area contributed by atoms with Crippen molar-refractivity contribution in [3.63, 3.8) is 0 Å². The third-order valence-electron chi connectivity index (χ3n) is 16.8. The first-order chi connectivity index (χ1) is 40.7. The highest BCUT2D eigenvalue weighted by Gasteiger charge is 2.30. The lowest BCUT2D eigenvalue weighted by Gasteiger charge is -2.27. The Morgan fingerprint density at radius 3 is 0.561 bits per heavy atom. The van der Waals surface area contributed by atoms with Crippen molar-refractivity contribution in [2.45, 2.75) is 0 Å². The van der Waals surface area contributed by atoms with Gasteiger partial charge in [0.25, 0.3) is 0 Å². The fourth-order valence-corrected chi connectivity index (χ4v) is 13.4. The molecule has 2 heteroatoms. The van der Waals surface area contributed by atoms with Gasteiger partial charge < -0.3 is 9.47 Å². The van der Waals surface area contributed by atoms with E-state index in [2.05, 4.69) is 291 Å². The van der Waals surface area contributed by atoms with Crippen molar-refractivity contribution in [2.75, 3.05) is 14.2 Å². The summed E-state index contributed by atoms with van der Waals surface area (Å²) in [6.07, 6.45) is 0. The first-order valence-corrected chi connectivity index (χ1v) is 28.1. The van der Waals surface area contributed by atoms with E-state index >= 15 is 0 Å². The molecule has 386 valence electrons. The molecule has 0 aliphatic rings.